The molecule has 0 radical (unpaired) electrons. The number of hydrogen-bond acceptors (Lipinski definition) is 5. The summed E-state index contributed by atoms with van der Waals surface area (Å²) >= 11 is 0. The zero-order valence-electron chi connectivity index (χ0n) is 18.6. The van der Waals surface area contributed by atoms with E-state index in [-0.39, 0.29) is 30.0 Å². The second-order valence-electron chi connectivity index (χ2n) is 8.67. The first-order chi connectivity index (χ1) is 16.2. The average molecular weight is 476 g/mol. The van der Waals surface area contributed by atoms with Crippen LogP contribution >= 0.6 is 0 Å². The predicted molar refractivity (Wildman–Crippen MR) is 122 cm³/mol. The monoisotopic (exact) mass is 476 g/mol. The van der Waals surface area contributed by atoms with Gasteiger partial charge in [-0.2, -0.15) is 13.2 Å². The maximum absolute atomic E-state index is 13.0. The van der Waals surface area contributed by atoms with Crippen molar-refractivity contribution < 1.29 is 27.9 Å². The van der Waals surface area contributed by atoms with Crippen LogP contribution < -0.4 is 10.2 Å². The highest BCUT2D eigenvalue weighted by molar-refractivity contribution is 5.93. The summed E-state index contributed by atoms with van der Waals surface area (Å²) in [5.41, 5.74) is 0.432. The Kier molecular flexibility index (Phi) is 6.97. The quantitative estimate of drug-likeness (QED) is 0.649. The third-order valence-electron chi connectivity index (χ3n) is 6.31. The van der Waals surface area contributed by atoms with Gasteiger partial charge in [-0.1, -0.05) is 6.07 Å². The Hall–Kier alpha value is -3.27. The van der Waals surface area contributed by atoms with Gasteiger partial charge >= 0.3 is 6.18 Å². The van der Waals surface area contributed by atoms with Crippen LogP contribution in [0.5, 0.6) is 5.75 Å². The summed E-state index contributed by atoms with van der Waals surface area (Å²) in [5, 5.41) is 12.2. The second kappa shape index (κ2) is 9.92. The lowest BCUT2D eigenvalue weighted by Crippen LogP contribution is -2.51. The molecule has 2 saturated heterocycles. The summed E-state index contributed by atoms with van der Waals surface area (Å²) in [6.07, 6.45) is -3.73. The molecule has 0 saturated carbocycles. The molecule has 182 valence electrons. The summed E-state index contributed by atoms with van der Waals surface area (Å²) in [6.45, 7) is 3.15. The molecule has 2 heterocycles. The lowest BCUT2D eigenvalue weighted by atomic mass is 10.1. The molecule has 0 bridgehead atoms. The van der Waals surface area contributed by atoms with Crippen LogP contribution in [-0.2, 0) is 15.8 Å². The number of anilines is 2. The van der Waals surface area contributed by atoms with Gasteiger partial charge in [0.1, 0.15) is 5.75 Å². The number of likely N-dealkylation sites (tertiary alicyclic amines) is 1. The van der Waals surface area contributed by atoms with E-state index >= 15 is 0 Å². The Morgan fingerprint density at radius 3 is 2.38 bits per heavy atom. The number of benzene rings is 2. The van der Waals surface area contributed by atoms with Gasteiger partial charge in [-0.15, -0.1) is 0 Å². The number of nitrogens with zero attached hydrogens (tertiary/aromatic N) is 3. The van der Waals surface area contributed by atoms with Crippen LogP contribution in [0.25, 0.3) is 0 Å². The van der Waals surface area contributed by atoms with Gasteiger partial charge in [0.2, 0.25) is 11.8 Å². The van der Waals surface area contributed by atoms with Crippen molar-refractivity contribution in [2.45, 2.75) is 12.6 Å². The standard InChI is InChI=1S/C24H27F3N4O3/c25-24(26,27)18-2-1-3-20(14-18)30-10-12-31(13-11-30)22(33)16-29-9-8-17(15-29)23(34)28-19-4-6-21(32)7-5-19/h1-7,14,17,32H,8-13,15-16H2,(H,28,34)/t17-/m1/s1. The highest BCUT2D eigenvalue weighted by atomic mass is 19.4. The minimum absolute atomic E-state index is 0.0386. The fourth-order valence-electron chi connectivity index (χ4n) is 4.36. The summed E-state index contributed by atoms with van der Waals surface area (Å²) in [6, 6.07) is 11.5. The maximum Gasteiger partial charge on any atom is 0.416 e. The van der Waals surface area contributed by atoms with E-state index in [4.69, 9.17) is 0 Å². The number of alkyl halides is 3. The van der Waals surface area contributed by atoms with Crippen LogP contribution in [0, 0.1) is 5.92 Å². The first-order valence-corrected chi connectivity index (χ1v) is 11.2. The molecule has 0 spiro atoms. The molecule has 0 aromatic heterocycles. The molecular weight excluding hydrogens is 449 g/mol. The summed E-state index contributed by atoms with van der Waals surface area (Å²) in [5.74, 6) is -0.253. The van der Waals surface area contributed by atoms with E-state index in [1.54, 1.807) is 23.1 Å². The van der Waals surface area contributed by atoms with Gasteiger partial charge in [0, 0.05) is 44.1 Å². The van der Waals surface area contributed by atoms with E-state index in [0.717, 1.165) is 12.1 Å². The van der Waals surface area contributed by atoms with Crippen LogP contribution in [0.4, 0.5) is 24.5 Å². The van der Waals surface area contributed by atoms with Crippen molar-refractivity contribution >= 4 is 23.2 Å². The number of aromatic hydroxyl groups is 1. The van der Waals surface area contributed by atoms with E-state index in [1.165, 1.54) is 18.2 Å². The molecule has 7 nitrogen and oxygen atoms in total. The van der Waals surface area contributed by atoms with Crippen molar-refractivity contribution in [3.8, 4) is 5.75 Å². The molecule has 1 atom stereocenters. The Balaban J connectivity index is 1.24. The van der Waals surface area contributed by atoms with Gasteiger partial charge in [0.25, 0.3) is 0 Å². The van der Waals surface area contributed by atoms with Crippen molar-refractivity contribution in [2.75, 3.05) is 56.0 Å². The van der Waals surface area contributed by atoms with Crippen LogP contribution in [-0.4, -0.2) is 72.5 Å². The smallest absolute Gasteiger partial charge is 0.416 e. The van der Waals surface area contributed by atoms with Gasteiger partial charge in [0.05, 0.1) is 18.0 Å². The normalized spacial score (nSPS) is 19.3. The maximum atomic E-state index is 13.0. The largest absolute Gasteiger partial charge is 0.508 e. The number of phenolic OH excluding ortho intramolecular Hbond substituents is 1. The summed E-state index contributed by atoms with van der Waals surface area (Å²) < 4.78 is 39.0. The number of carbonyl (C=O) groups excluding carboxylic acids is 2. The highest BCUT2D eigenvalue weighted by Gasteiger charge is 2.32. The van der Waals surface area contributed by atoms with Crippen molar-refractivity contribution in [1.29, 1.82) is 0 Å². The molecule has 2 aliphatic heterocycles. The summed E-state index contributed by atoms with van der Waals surface area (Å²) in [4.78, 5) is 30.8. The Morgan fingerprint density at radius 2 is 1.71 bits per heavy atom. The van der Waals surface area contributed by atoms with Gasteiger partial charge in [-0.25, -0.2) is 0 Å². The zero-order chi connectivity index (χ0) is 24.3. The van der Waals surface area contributed by atoms with Crippen LogP contribution in [0.3, 0.4) is 0 Å². The van der Waals surface area contributed by atoms with E-state index in [9.17, 15) is 27.9 Å². The van der Waals surface area contributed by atoms with Gasteiger partial charge in [0.15, 0.2) is 0 Å². The Bertz CT molecular complexity index is 1020. The fourth-order valence-corrected chi connectivity index (χ4v) is 4.36. The first-order valence-electron chi connectivity index (χ1n) is 11.2. The molecular formula is C24H27F3N4O3. The average Bonchev–Trinajstić information content (AvgIpc) is 3.29. The number of piperazine rings is 1. The van der Waals surface area contributed by atoms with E-state index in [2.05, 4.69) is 5.32 Å². The molecule has 0 unspecified atom stereocenters. The molecule has 2 aliphatic rings. The van der Waals surface area contributed by atoms with Crippen LogP contribution in [0.2, 0.25) is 0 Å². The minimum atomic E-state index is -4.39. The SMILES string of the molecule is O=C(Nc1ccc(O)cc1)[C@@H]1CCN(CC(=O)N2CCN(c3cccc(C(F)(F)F)c3)CC2)C1. The number of amides is 2. The number of phenols is 1. The van der Waals surface area contributed by atoms with Crippen LogP contribution in [0.15, 0.2) is 48.5 Å². The lowest BCUT2D eigenvalue weighted by molar-refractivity contribution is -0.137. The molecule has 2 N–H and O–H groups in total. The molecule has 2 fully saturated rings. The lowest BCUT2D eigenvalue weighted by Gasteiger charge is -2.37. The number of carbonyl (C=O) groups is 2. The van der Waals surface area contributed by atoms with Crippen molar-refractivity contribution in [2.24, 2.45) is 5.92 Å². The highest BCUT2D eigenvalue weighted by Crippen LogP contribution is 2.32. The van der Waals surface area contributed by atoms with Gasteiger partial charge < -0.3 is 20.2 Å². The van der Waals surface area contributed by atoms with Gasteiger partial charge in [-0.3, -0.25) is 14.5 Å². The number of rotatable bonds is 5. The zero-order valence-corrected chi connectivity index (χ0v) is 18.6. The third kappa shape index (κ3) is 5.80. The molecule has 0 aliphatic carbocycles. The topological polar surface area (TPSA) is 76.1 Å². The predicted octanol–water partition coefficient (Wildman–Crippen LogP) is 3.02. The van der Waals surface area contributed by atoms with Gasteiger partial charge in [-0.05, 0) is 55.4 Å². The first kappa shape index (κ1) is 23.9. The van der Waals surface area contributed by atoms with Crippen molar-refractivity contribution in [3.05, 3.63) is 54.1 Å². The molecule has 10 heteroatoms. The van der Waals surface area contributed by atoms with E-state index < -0.39 is 11.7 Å². The van der Waals surface area contributed by atoms with E-state index in [0.29, 0.717) is 57.1 Å². The van der Waals surface area contributed by atoms with Crippen LogP contribution in [0.1, 0.15) is 12.0 Å². The van der Waals surface area contributed by atoms with Crippen molar-refractivity contribution in [3.63, 3.8) is 0 Å². The summed E-state index contributed by atoms with van der Waals surface area (Å²) in [7, 11) is 0. The Morgan fingerprint density at radius 1 is 1.00 bits per heavy atom. The minimum Gasteiger partial charge on any atom is -0.508 e. The Labute approximate surface area is 195 Å². The number of halogens is 3. The molecule has 2 aromatic carbocycles. The molecule has 2 amide bonds. The molecule has 2 aromatic rings. The van der Waals surface area contributed by atoms with E-state index in [1.807, 2.05) is 9.80 Å². The second-order valence-corrected chi connectivity index (χ2v) is 8.67. The van der Waals surface area contributed by atoms with Crippen molar-refractivity contribution in [1.82, 2.24) is 9.80 Å². The number of nitrogens with one attached hydrogen (secondary N) is 1. The fraction of sp³-hybridized carbons (Fsp3) is 0.417. The number of hydrogen-bond donors (Lipinski definition) is 2. The molecule has 4 rings (SSSR count). The molecule has 34 heavy (non-hydrogen) atoms. The third-order valence-corrected chi connectivity index (χ3v) is 6.31.